The van der Waals surface area contributed by atoms with Gasteiger partial charge in [-0.25, -0.2) is 23.8 Å². The van der Waals surface area contributed by atoms with Crippen molar-refractivity contribution >= 4 is 17.5 Å². The molecule has 1 atom stereocenters. The summed E-state index contributed by atoms with van der Waals surface area (Å²) in [6.07, 6.45) is -1.73. The molecular weight excluding hydrogens is 493 g/mol. The molecule has 0 saturated carbocycles. The maximum Gasteiger partial charge on any atom is 0.423 e. The van der Waals surface area contributed by atoms with Gasteiger partial charge in [-0.15, -0.1) is 0 Å². The number of aromatic nitrogens is 4. The molecule has 2 aromatic rings. The van der Waals surface area contributed by atoms with Crippen LogP contribution in [0.15, 0.2) is 23.4 Å². The molecule has 0 bridgehead atoms. The highest BCUT2D eigenvalue weighted by molar-refractivity contribution is 5.76. The van der Waals surface area contributed by atoms with Gasteiger partial charge in [0.1, 0.15) is 5.56 Å². The Bertz CT molecular complexity index is 1080. The summed E-state index contributed by atoms with van der Waals surface area (Å²) in [6.45, 7) is 4.03. The third-order valence-electron chi connectivity index (χ3n) is 5.43. The molecule has 1 fully saturated rings. The molecule has 1 saturated heterocycles. The van der Waals surface area contributed by atoms with Crippen LogP contribution in [0.1, 0.15) is 31.4 Å². The third kappa shape index (κ3) is 7.08. The standard InChI is InChI=1S/C21H26F5N7O3/c1-13(30-15-11-29-31-18(35)17(15)21(24,25)26)12-36-8-3-16(34)32-4-6-33(7-5-32)19-27-9-14(10-28-19)20(2,22)23/h9-11,13H,3-8,12H2,1-2H3,(H2,30,31,35). The summed E-state index contributed by atoms with van der Waals surface area (Å²) in [5.74, 6) is -2.87. The van der Waals surface area contributed by atoms with E-state index < -0.39 is 35.0 Å². The van der Waals surface area contributed by atoms with Crippen molar-refractivity contribution in [3.05, 3.63) is 40.1 Å². The molecule has 1 unspecified atom stereocenters. The summed E-state index contributed by atoms with van der Waals surface area (Å²) >= 11 is 0. The van der Waals surface area contributed by atoms with Crippen molar-refractivity contribution in [1.29, 1.82) is 0 Å². The monoisotopic (exact) mass is 519 g/mol. The van der Waals surface area contributed by atoms with Crippen LogP contribution in [-0.4, -0.2) is 76.4 Å². The minimum atomic E-state index is -4.85. The average molecular weight is 519 g/mol. The van der Waals surface area contributed by atoms with Crippen LogP contribution >= 0.6 is 0 Å². The number of alkyl halides is 5. The van der Waals surface area contributed by atoms with Crippen molar-refractivity contribution in [3.8, 4) is 0 Å². The fraction of sp³-hybridized carbons (Fsp3) is 0.571. The van der Waals surface area contributed by atoms with Crippen LogP contribution in [0.25, 0.3) is 0 Å². The summed E-state index contributed by atoms with van der Waals surface area (Å²) < 4.78 is 71.4. The molecule has 2 N–H and O–H groups in total. The average Bonchev–Trinajstić information content (AvgIpc) is 2.80. The number of anilines is 2. The Morgan fingerprint density at radius 3 is 2.36 bits per heavy atom. The summed E-state index contributed by atoms with van der Waals surface area (Å²) in [6, 6.07) is -0.590. The van der Waals surface area contributed by atoms with Gasteiger partial charge in [0.2, 0.25) is 11.9 Å². The highest BCUT2D eigenvalue weighted by atomic mass is 19.4. The van der Waals surface area contributed by atoms with Gasteiger partial charge in [-0.3, -0.25) is 9.59 Å². The van der Waals surface area contributed by atoms with Crippen molar-refractivity contribution in [2.45, 2.75) is 38.4 Å². The van der Waals surface area contributed by atoms with E-state index in [1.807, 2.05) is 0 Å². The van der Waals surface area contributed by atoms with Gasteiger partial charge in [-0.1, -0.05) is 0 Å². The number of piperazine rings is 1. The molecule has 198 valence electrons. The zero-order valence-corrected chi connectivity index (χ0v) is 19.6. The van der Waals surface area contributed by atoms with Crippen LogP contribution in [0.4, 0.5) is 33.6 Å². The second-order valence-corrected chi connectivity index (χ2v) is 8.38. The predicted molar refractivity (Wildman–Crippen MR) is 119 cm³/mol. The van der Waals surface area contributed by atoms with Crippen molar-refractivity contribution in [2.24, 2.45) is 0 Å². The van der Waals surface area contributed by atoms with E-state index >= 15 is 0 Å². The Morgan fingerprint density at radius 2 is 1.78 bits per heavy atom. The minimum absolute atomic E-state index is 0.00467. The number of nitrogens with one attached hydrogen (secondary N) is 2. The molecule has 0 aliphatic carbocycles. The van der Waals surface area contributed by atoms with E-state index in [0.717, 1.165) is 25.5 Å². The Morgan fingerprint density at radius 1 is 1.14 bits per heavy atom. The Kier molecular flexibility index (Phi) is 8.43. The highest BCUT2D eigenvalue weighted by Gasteiger charge is 2.37. The molecule has 15 heteroatoms. The van der Waals surface area contributed by atoms with Crippen LogP contribution in [0.3, 0.4) is 0 Å². The maximum absolute atomic E-state index is 13.3. The van der Waals surface area contributed by atoms with Gasteiger partial charge in [-0.2, -0.15) is 18.3 Å². The largest absolute Gasteiger partial charge is 0.423 e. The molecule has 3 heterocycles. The number of halogens is 5. The quantitative estimate of drug-likeness (QED) is 0.383. The molecule has 1 aliphatic heterocycles. The SMILES string of the molecule is CC(COCCC(=O)N1CCN(c2ncc(C(C)(F)F)cn2)CC1)Nc1cn[nH]c(=O)c1C(F)(F)F. The second-order valence-electron chi connectivity index (χ2n) is 8.38. The normalized spacial score (nSPS) is 15.6. The zero-order chi connectivity index (χ0) is 26.5. The molecule has 0 aromatic carbocycles. The fourth-order valence-corrected chi connectivity index (χ4v) is 3.54. The van der Waals surface area contributed by atoms with E-state index in [0.29, 0.717) is 32.1 Å². The fourth-order valence-electron chi connectivity index (χ4n) is 3.54. The van der Waals surface area contributed by atoms with Gasteiger partial charge in [0.05, 0.1) is 37.1 Å². The first kappa shape index (κ1) is 27.2. The van der Waals surface area contributed by atoms with Crippen molar-refractivity contribution in [3.63, 3.8) is 0 Å². The van der Waals surface area contributed by atoms with Gasteiger partial charge in [0.15, 0.2) is 0 Å². The van der Waals surface area contributed by atoms with Gasteiger partial charge >= 0.3 is 6.18 Å². The third-order valence-corrected chi connectivity index (χ3v) is 5.43. The molecule has 2 aromatic heterocycles. The van der Waals surface area contributed by atoms with Gasteiger partial charge in [0, 0.05) is 51.5 Å². The van der Waals surface area contributed by atoms with Crippen LogP contribution < -0.4 is 15.8 Å². The van der Waals surface area contributed by atoms with Crippen molar-refractivity contribution < 1.29 is 31.5 Å². The Hall–Kier alpha value is -3.36. The lowest BCUT2D eigenvalue weighted by molar-refractivity contribution is -0.138. The smallest absolute Gasteiger partial charge is 0.379 e. The zero-order valence-electron chi connectivity index (χ0n) is 19.6. The first-order valence-corrected chi connectivity index (χ1v) is 11.1. The number of carbonyl (C=O) groups is 1. The van der Waals surface area contributed by atoms with Crippen LogP contribution in [-0.2, 0) is 21.6 Å². The lowest BCUT2D eigenvalue weighted by atomic mass is 10.2. The molecule has 36 heavy (non-hydrogen) atoms. The number of ether oxygens (including phenoxy) is 1. The summed E-state index contributed by atoms with van der Waals surface area (Å²) in [5.41, 5.74) is -3.46. The lowest BCUT2D eigenvalue weighted by Crippen LogP contribution is -2.49. The Labute approximate surface area is 202 Å². The second kappa shape index (κ2) is 11.1. The van der Waals surface area contributed by atoms with Crippen LogP contribution in [0.5, 0.6) is 0 Å². The first-order chi connectivity index (χ1) is 16.9. The number of aromatic amines is 1. The minimum Gasteiger partial charge on any atom is -0.379 e. The molecule has 3 rings (SSSR count). The van der Waals surface area contributed by atoms with Gasteiger partial charge < -0.3 is 19.9 Å². The molecular formula is C21H26F5N7O3. The van der Waals surface area contributed by atoms with E-state index in [1.54, 1.807) is 21.8 Å². The van der Waals surface area contributed by atoms with Gasteiger partial charge in [-0.05, 0) is 6.92 Å². The number of amides is 1. The summed E-state index contributed by atoms with van der Waals surface area (Å²) in [7, 11) is 0. The van der Waals surface area contributed by atoms with E-state index in [1.165, 1.54) is 0 Å². The number of H-pyrrole nitrogens is 1. The van der Waals surface area contributed by atoms with E-state index in [4.69, 9.17) is 4.74 Å². The number of carbonyl (C=O) groups excluding carboxylic acids is 1. The molecule has 0 spiro atoms. The number of nitrogens with zero attached hydrogens (tertiary/aromatic N) is 5. The summed E-state index contributed by atoms with van der Waals surface area (Å²) in [4.78, 5) is 35.4. The first-order valence-electron chi connectivity index (χ1n) is 11.1. The topological polar surface area (TPSA) is 116 Å². The Balaban J connectivity index is 1.40. The van der Waals surface area contributed by atoms with E-state index in [2.05, 4.69) is 20.4 Å². The summed E-state index contributed by atoms with van der Waals surface area (Å²) in [5, 5.41) is 7.71. The lowest BCUT2D eigenvalue weighted by Gasteiger charge is -2.34. The van der Waals surface area contributed by atoms with Crippen molar-refractivity contribution in [2.75, 3.05) is 49.6 Å². The van der Waals surface area contributed by atoms with Gasteiger partial charge in [0.25, 0.3) is 11.5 Å². The maximum atomic E-state index is 13.3. The predicted octanol–water partition coefficient (Wildman–Crippen LogP) is 2.25. The van der Waals surface area contributed by atoms with Crippen LogP contribution in [0.2, 0.25) is 0 Å². The number of hydrogen-bond acceptors (Lipinski definition) is 8. The van der Waals surface area contributed by atoms with Crippen LogP contribution in [0, 0.1) is 0 Å². The molecule has 0 radical (unpaired) electrons. The van der Waals surface area contributed by atoms with E-state index in [-0.39, 0.29) is 31.1 Å². The van der Waals surface area contributed by atoms with E-state index in [9.17, 15) is 31.5 Å². The number of rotatable bonds is 9. The molecule has 10 nitrogen and oxygen atoms in total. The van der Waals surface area contributed by atoms with Crippen molar-refractivity contribution in [1.82, 2.24) is 25.1 Å². The molecule has 1 aliphatic rings. The number of hydrogen-bond donors (Lipinski definition) is 2. The highest BCUT2D eigenvalue weighted by Crippen LogP contribution is 2.31. The molecule has 1 amide bonds.